The molecule has 0 radical (unpaired) electrons. The highest BCUT2D eigenvalue weighted by molar-refractivity contribution is 6.18. The highest BCUT2D eigenvalue weighted by Gasteiger charge is 2.03. The molecular weight excluding hydrogens is 264 g/mol. The van der Waals surface area contributed by atoms with Gasteiger partial charge < -0.3 is 10.4 Å². The summed E-state index contributed by atoms with van der Waals surface area (Å²) in [7, 11) is 0. The second kappa shape index (κ2) is 6.54. The largest absolute Gasteiger partial charge is 0.390 e. The van der Waals surface area contributed by atoms with Gasteiger partial charge in [0.15, 0.2) is 0 Å². The molecule has 0 aliphatic carbocycles. The number of aliphatic hydroxyl groups excluding tert-OH is 1. The molecule has 2 aromatic rings. The Hall–Kier alpha value is -1.59. The number of aliphatic hydroxyl groups is 1. The van der Waals surface area contributed by atoms with Crippen LogP contribution in [-0.4, -0.2) is 38.6 Å². The van der Waals surface area contributed by atoms with E-state index in [4.69, 9.17) is 11.6 Å². The molecule has 102 valence electrons. The number of hydrogen-bond acceptors (Lipinski definition) is 4. The van der Waals surface area contributed by atoms with E-state index in [0.717, 1.165) is 23.5 Å². The summed E-state index contributed by atoms with van der Waals surface area (Å²) in [6, 6.07) is 7.76. The summed E-state index contributed by atoms with van der Waals surface area (Å²) in [6.45, 7) is 2.48. The number of rotatable bonds is 6. The molecule has 1 atom stereocenters. The molecule has 19 heavy (non-hydrogen) atoms. The van der Waals surface area contributed by atoms with Crippen LogP contribution in [0.25, 0.3) is 5.69 Å². The Labute approximate surface area is 117 Å². The van der Waals surface area contributed by atoms with Crippen molar-refractivity contribution in [1.82, 2.24) is 15.0 Å². The van der Waals surface area contributed by atoms with Gasteiger partial charge in [-0.1, -0.05) is 12.1 Å². The van der Waals surface area contributed by atoms with Gasteiger partial charge in [-0.05, 0) is 30.7 Å². The predicted octanol–water partition coefficient (Wildman–Crippen LogP) is 1.84. The van der Waals surface area contributed by atoms with Crippen LogP contribution in [-0.2, 0) is 6.42 Å². The monoisotopic (exact) mass is 280 g/mol. The molecule has 0 spiro atoms. The van der Waals surface area contributed by atoms with Crippen molar-refractivity contribution in [3.8, 4) is 5.69 Å². The maximum absolute atomic E-state index is 9.36. The molecule has 5 nitrogen and oxygen atoms in total. The van der Waals surface area contributed by atoms with Crippen LogP contribution >= 0.6 is 11.6 Å². The lowest BCUT2D eigenvalue weighted by Crippen LogP contribution is -2.20. The smallest absolute Gasteiger partial charge is 0.0847 e. The molecule has 1 heterocycles. The lowest BCUT2D eigenvalue weighted by molar-refractivity contribution is 0.211. The number of anilines is 1. The molecular formula is C13H17ClN4O. The van der Waals surface area contributed by atoms with Gasteiger partial charge in [0.2, 0.25) is 0 Å². The third-order valence-corrected chi connectivity index (χ3v) is 3.11. The Morgan fingerprint density at radius 3 is 2.68 bits per heavy atom. The maximum Gasteiger partial charge on any atom is 0.0847 e. The van der Waals surface area contributed by atoms with E-state index in [-0.39, 0.29) is 5.88 Å². The number of nitrogens with zero attached hydrogens (tertiary/aromatic N) is 3. The fourth-order valence-corrected chi connectivity index (χ4v) is 1.72. The van der Waals surface area contributed by atoms with Crippen molar-refractivity contribution in [2.45, 2.75) is 19.4 Å². The van der Waals surface area contributed by atoms with Gasteiger partial charge in [-0.3, -0.25) is 0 Å². The molecule has 0 aliphatic heterocycles. The highest BCUT2D eigenvalue weighted by Crippen LogP contribution is 2.13. The van der Waals surface area contributed by atoms with Gasteiger partial charge in [0.05, 0.1) is 29.6 Å². The van der Waals surface area contributed by atoms with Crippen molar-refractivity contribution < 1.29 is 5.11 Å². The zero-order valence-electron chi connectivity index (χ0n) is 10.8. The summed E-state index contributed by atoms with van der Waals surface area (Å²) in [5.74, 6) is 0.226. The molecule has 1 aromatic carbocycles. The van der Waals surface area contributed by atoms with Crippen molar-refractivity contribution in [2.75, 3.05) is 17.7 Å². The topological polar surface area (TPSA) is 63.0 Å². The minimum atomic E-state index is -0.538. The third kappa shape index (κ3) is 3.68. The molecule has 1 aromatic heterocycles. The fourth-order valence-electron chi connectivity index (χ4n) is 1.61. The highest BCUT2D eigenvalue weighted by atomic mass is 35.5. The third-order valence-electron chi connectivity index (χ3n) is 2.75. The second-order valence-electron chi connectivity index (χ2n) is 4.24. The first-order chi connectivity index (χ1) is 9.22. The lowest BCUT2D eigenvalue weighted by atomic mass is 10.2. The Morgan fingerprint density at radius 1 is 1.37 bits per heavy atom. The van der Waals surface area contributed by atoms with Gasteiger partial charge in [0.25, 0.3) is 0 Å². The van der Waals surface area contributed by atoms with Crippen molar-refractivity contribution in [3.05, 3.63) is 36.2 Å². The summed E-state index contributed by atoms with van der Waals surface area (Å²) in [6.07, 6.45) is 2.25. The first-order valence-corrected chi connectivity index (χ1v) is 6.76. The van der Waals surface area contributed by atoms with Crippen LogP contribution in [0.3, 0.4) is 0 Å². The van der Waals surface area contributed by atoms with Crippen LogP contribution < -0.4 is 5.32 Å². The predicted molar refractivity (Wildman–Crippen MR) is 76.0 cm³/mol. The average molecular weight is 281 g/mol. The first kappa shape index (κ1) is 13.8. The van der Waals surface area contributed by atoms with Crippen molar-refractivity contribution >= 4 is 17.3 Å². The van der Waals surface area contributed by atoms with Crippen LogP contribution in [0.1, 0.15) is 12.6 Å². The molecule has 0 saturated carbocycles. The standard InChI is InChI=1S/C13H17ClN4O/c1-2-10-9-18(17-16-10)12-5-3-11(4-6-12)15-8-13(19)7-14/h3-6,9,13,15,19H,2,7-8H2,1H3. The minimum Gasteiger partial charge on any atom is -0.390 e. The summed E-state index contributed by atoms with van der Waals surface area (Å²) in [5, 5.41) is 20.6. The summed E-state index contributed by atoms with van der Waals surface area (Å²) in [4.78, 5) is 0. The Balaban J connectivity index is 2.01. The number of aromatic nitrogens is 3. The molecule has 6 heteroatoms. The van der Waals surface area contributed by atoms with Crippen LogP contribution in [0.5, 0.6) is 0 Å². The number of nitrogens with one attached hydrogen (secondary N) is 1. The number of hydrogen-bond donors (Lipinski definition) is 2. The second-order valence-corrected chi connectivity index (χ2v) is 4.55. The Bertz CT molecular complexity index is 512. The quantitative estimate of drug-likeness (QED) is 0.793. The van der Waals surface area contributed by atoms with Gasteiger partial charge in [-0.15, -0.1) is 16.7 Å². The number of halogens is 1. The average Bonchev–Trinajstić information content (AvgIpc) is 2.94. The van der Waals surface area contributed by atoms with E-state index in [0.29, 0.717) is 6.54 Å². The maximum atomic E-state index is 9.36. The van der Waals surface area contributed by atoms with Gasteiger partial charge in [-0.2, -0.15) is 0 Å². The first-order valence-electron chi connectivity index (χ1n) is 6.22. The fraction of sp³-hybridized carbons (Fsp3) is 0.385. The zero-order valence-corrected chi connectivity index (χ0v) is 11.5. The van der Waals surface area contributed by atoms with Crippen LogP contribution in [0.15, 0.2) is 30.5 Å². The van der Waals surface area contributed by atoms with Crippen molar-refractivity contribution in [3.63, 3.8) is 0 Å². The van der Waals surface area contributed by atoms with Crippen LogP contribution in [0.4, 0.5) is 5.69 Å². The molecule has 0 bridgehead atoms. The Kier molecular flexibility index (Phi) is 4.76. The summed E-state index contributed by atoms with van der Waals surface area (Å²) >= 11 is 5.53. The number of benzene rings is 1. The molecule has 2 N–H and O–H groups in total. The molecule has 0 amide bonds. The SMILES string of the molecule is CCc1cn(-c2ccc(NCC(O)CCl)cc2)nn1. The van der Waals surface area contributed by atoms with Gasteiger partial charge in [0, 0.05) is 12.2 Å². The minimum absolute atomic E-state index is 0.226. The van der Waals surface area contributed by atoms with E-state index in [1.165, 1.54) is 0 Å². The van der Waals surface area contributed by atoms with E-state index >= 15 is 0 Å². The van der Waals surface area contributed by atoms with Crippen LogP contribution in [0.2, 0.25) is 0 Å². The number of alkyl halides is 1. The van der Waals surface area contributed by atoms with E-state index in [1.807, 2.05) is 37.4 Å². The normalized spacial score (nSPS) is 12.4. The summed E-state index contributed by atoms with van der Waals surface area (Å²) in [5.41, 5.74) is 2.85. The molecule has 0 saturated heterocycles. The molecule has 2 rings (SSSR count). The van der Waals surface area contributed by atoms with Crippen molar-refractivity contribution in [1.29, 1.82) is 0 Å². The summed E-state index contributed by atoms with van der Waals surface area (Å²) < 4.78 is 1.75. The van der Waals surface area contributed by atoms with E-state index in [9.17, 15) is 5.11 Å². The van der Waals surface area contributed by atoms with Crippen molar-refractivity contribution in [2.24, 2.45) is 0 Å². The Morgan fingerprint density at radius 2 is 2.11 bits per heavy atom. The van der Waals surface area contributed by atoms with Gasteiger partial charge >= 0.3 is 0 Å². The van der Waals surface area contributed by atoms with Gasteiger partial charge in [-0.25, -0.2) is 4.68 Å². The zero-order chi connectivity index (χ0) is 13.7. The lowest BCUT2D eigenvalue weighted by Gasteiger charge is -2.10. The molecule has 1 unspecified atom stereocenters. The molecule has 0 fully saturated rings. The van der Waals surface area contributed by atoms with E-state index in [1.54, 1.807) is 4.68 Å². The van der Waals surface area contributed by atoms with E-state index < -0.39 is 6.10 Å². The van der Waals surface area contributed by atoms with Crippen LogP contribution in [0, 0.1) is 0 Å². The van der Waals surface area contributed by atoms with Gasteiger partial charge in [0.1, 0.15) is 0 Å². The number of aryl methyl sites for hydroxylation is 1. The van der Waals surface area contributed by atoms with E-state index in [2.05, 4.69) is 15.6 Å². The molecule has 0 aliphatic rings.